The first-order valence-electron chi connectivity index (χ1n) is 6.83. The van der Waals surface area contributed by atoms with Crippen molar-refractivity contribution in [3.63, 3.8) is 0 Å². The molecule has 1 heterocycles. The number of hydrogen-bond donors (Lipinski definition) is 1. The van der Waals surface area contributed by atoms with Crippen molar-refractivity contribution in [3.8, 4) is 0 Å². The Kier molecular flexibility index (Phi) is 4.71. The molecule has 4 nitrogen and oxygen atoms in total. The van der Waals surface area contributed by atoms with Gasteiger partial charge in [-0.25, -0.2) is 4.98 Å². The van der Waals surface area contributed by atoms with Gasteiger partial charge in [-0.3, -0.25) is 4.79 Å². The second kappa shape index (κ2) is 6.70. The number of amides is 1. The van der Waals surface area contributed by atoms with Crippen LogP contribution in [0.3, 0.4) is 0 Å². The van der Waals surface area contributed by atoms with Crippen LogP contribution in [0.4, 0.5) is 17.2 Å². The summed E-state index contributed by atoms with van der Waals surface area (Å²) in [5.74, 6) is 0.561. The minimum absolute atomic E-state index is 0.0272. The Morgan fingerprint density at radius 1 is 1.10 bits per heavy atom. The molecule has 0 aliphatic heterocycles. The van der Waals surface area contributed by atoms with E-state index in [9.17, 15) is 4.79 Å². The Balaban J connectivity index is 2.18. The van der Waals surface area contributed by atoms with Gasteiger partial charge in [-0.15, -0.1) is 0 Å². The summed E-state index contributed by atoms with van der Waals surface area (Å²) in [6.07, 6.45) is 2.23. The lowest BCUT2D eigenvalue weighted by Gasteiger charge is -2.23. The minimum atomic E-state index is -0.0272. The molecule has 1 N–H and O–H groups in total. The quantitative estimate of drug-likeness (QED) is 0.902. The van der Waals surface area contributed by atoms with Crippen molar-refractivity contribution >= 4 is 23.1 Å². The Hall–Kier alpha value is -2.36. The molecule has 0 aliphatic rings. The van der Waals surface area contributed by atoms with Crippen LogP contribution >= 0.6 is 0 Å². The molecular formula is C16H19N3O. The number of nitrogens with one attached hydrogen (secondary N) is 1. The second-order valence-corrected chi connectivity index (χ2v) is 4.38. The molecule has 0 bridgehead atoms. The Morgan fingerprint density at radius 2 is 1.85 bits per heavy atom. The highest BCUT2D eigenvalue weighted by Crippen LogP contribution is 2.24. The molecule has 0 atom stereocenters. The normalized spacial score (nSPS) is 10.1. The van der Waals surface area contributed by atoms with Crippen molar-refractivity contribution in [2.45, 2.75) is 20.3 Å². The van der Waals surface area contributed by atoms with Gasteiger partial charge >= 0.3 is 0 Å². The van der Waals surface area contributed by atoms with Gasteiger partial charge in [-0.2, -0.15) is 0 Å². The average molecular weight is 269 g/mol. The summed E-state index contributed by atoms with van der Waals surface area (Å²) in [6.45, 7) is 4.77. The van der Waals surface area contributed by atoms with E-state index in [4.69, 9.17) is 0 Å². The zero-order valence-electron chi connectivity index (χ0n) is 11.8. The lowest BCUT2D eigenvalue weighted by molar-refractivity contribution is -0.115. The third kappa shape index (κ3) is 3.35. The number of para-hydroxylation sites is 1. The molecule has 0 spiro atoms. The molecule has 0 saturated carbocycles. The summed E-state index contributed by atoms with van der Waals surface area (Å²) in [4.78, 5) is 17.8. The van der Waals surface area contributed by atoms with Crippen LogP contribution in [-0.4, -0.2) is 17.4 Å². The van der Waals surface area contributed by atoms with Crippen LogP contribution in [-0.2, 0) is 4.79 Å². The molecule has 0 unspecified atom stereocenters. The molecule has 0 radical (unpaired) electrons. The minimum Gasteiger partial charge on any atom is -0.341 e. The highest BCUT2D eigenvalue weighted by atomic mass is 16.1. The molecule has 1 aromatic heterocycles. The van der Waals surface area contributed by atoms with E-state index in [0.717, 1.165) is 17.9 Å². The molecule has 0 fully saturated rings. The van der Waals surface area contributed by atoms with Gasteiger partial charge in [-0.1, -0.05) is 25.1 Å². The van der Waals surface area contributed by atoms with E-state index in [2.05, 4.69) is 34.3 Å². The monoisotopic (exact) mass is 269 g/mol. The summed E-state index contributed by atoms with van der Waals surface area (Å²) in [5, 5.41) is 2.75. The largest absolute Gasteiger partial charge is 0.341 e. The molecule has 0 saturated heterocycles. The van der Waals surface area contributed by atoms with Gasteiger partial charge in [0.15, 0.2) is 0 Å². The third-order valence-corrected chi connectivity index (χ3v) is 3.03. The van der Waals surface area contributed by atoms with Gasteiger partial charge in [0.25, 0.3) is 0 Å². The summed E-state index contributed by atoms with van der Waals surface area (Å²) in [5.41, 5.74) is 2.13. The zero-order valence-corrected chi connectivity index (χ0v) is 11.8. The number of carbonyl (C=O) groups is 1. The average Bonchev–Trinajstić information content (AvgIpc) is 2.50. The predicted molar refractivity (Wildman–Crippen MR) is 82.3 cm³/mol. The van der Waals surface area contributed by atoms with Crippen LogP contribution in [0.15, 0.2) is 48.7 Å². The number of aromatic nitrogens is 1. The molecule has 4 heteroatoms. The van der Waals surface area contributed by atoms with Gasteiger partial charge < -0.3 is 10.2 Å². The molecular weight excluding hydrogens is 250 g/mol. The number of hydrogen-bond acceptors (Lipinski definition) is 3. The highest BCUT2D eigenvalue weighted by Gasteiger charge is 2.07. The maximum Gasteiger partial charge on any atom is 0.225 e. The Morgan fingerprint density at radius 3 is 2.40 bits per heavy atom. The molecule has 0 aliphatic carbocycles. The number of carbonyl (C=O) groups excluding carboxylic acids is 1. The van der Waals surface area contributed by atoms with Crippen LogP contribution in [0.5, 0.6) is 0 Å². The van der Waals surface area contributed by atoms with Gasteiger partial charge in [0.1, 0.15) is 5.82 Å². The van der Waals surface area contributed by atoms with E-state index in [1.165, 1.54) is 0 Å². The molecule has 1 aromatic carbocycles. The first kappa shape index (κ1) is 14.1. The van der Waals surface area contributed by atoms with Gasteiger partial charge in [0.2, 0.25) is 5.91 Å². The summed E-state index contributed by atoms with van der Waals surface area (Å²) < 4.78 is 0. The fraction of sp³-hybridized carbons (Fsp3) is 0.250. The Labute approximate surface area is 119 Å². The van der Waals surface area contributed by atoms with Crippen molar-refractivity contribution in [2.75, 3.05) is 16.8 Å². The van der Waals surface area contributed by atoms with E-state index in [1.54, 1.807) is 6.20 Å². The first-order chi connectivity index (χ1) is 9.74. The molecule has 2 rings (SSSR count). The fourth-order valence-corrected chi connectivity index (χ4v) is 1.97. The predicted octanol–water partition coefficient (Wildman–Crippen LogP) is 3.59. The number of nitrogens with zero attached hydrogens (tertiary/aromatic N) is 2. The number of rotatable bonds is 5. The van der Waals surface area contributed by atoms with Gasteiger partial charge in [0.05, 0.1) is 11.9 Å². The van der Waals surface area contributed by atoms with Crippen LogP contribution in [0.1, 0.15) is 20.3 Å². The number of benzene rings is 1. The van der Waals surface area contributed by atoms with Gasteiger partial charge in [0, 0.05) is 18.7 Å². The van der Waals surface area contributed by atoms with E-state index in [-0.39, 0.29) is 5.91 Å². The standard InChI is InChI=1S/C16H19N3O/c1-3-16(20)18-15-11-10-14(12-17-15)19(4-2)13-8-6-5-7-9-13/h5-12H,3-4H2,1-2H3,(H,17,18,20). The Bertz CT molecular complexity index is 552. The lowest BCUT2D eigenvalue weighted by Crippen LogP contribution is -2.16. The maximum absolute atomic E-state index is 11.3. The molecule has 2 aromatic rings. The summed E-state index contributed by atoms with van der Waals surface area (Å²) in [7, 11) is 0. The van der Waals surface area contributed by atoms with Crippen molar-refractivity contribution in [2.24, 2.45) is 0 Å². The summed E-state index contributed by atoms with van der Waals surface area (Å²) >= 11 is 0. The van der Waals surface area contributed by atoms with Crippen molar-refractivity contribution in [3.05, 3.63) is 48.7 Å². The summed E-state index contributed by atoms with van der Waals surface area (Å²) in [6, 6.07) is 14.0. The van der Waals surface area contributed by atoms with Crippen molar-refractivity contribution < 1.29 is 4.79 Å². The van der Waals surface area contributed by atoms with Crippen LogP contribution < -0.4 is 10.2 Å². The van der Waals surface area contributed by atoms with Gasteiger partial charge in [-0.05, 0) is 31.2 Å². The fourth-order valence-electron chi connectivity index (χ4n) is 1.97. The zero-order chi connectivity index (χ0) is 14.4. The maximum atomic E-state index is 11.3. The van der Waals surface area contributed by atoms with Crippen molar-refractivity contribution in [1.82, 2.24) is 4.98 Å². The molecule has 20 heavy (non-hydrogen) atoms. The van der Waals surface area contributed by atoms with Crippen LogP contribution in [0, 0.1) is 0 Å². The number of anilines is 3. The lowest BCUT2D eigenvalue weighted by atomic mass is 10.2. The van der Waals surface area contributed by atoms with E-state index in [0.29, 0.717) is 12.2 Å². The second-order valence-electron chi connectivity index (χ2n) is 4.38. The SMILES string of the molecule is CCC(=O)Nc1ccc(N(CC)c2ccccc2)cn1. The highest BCUT2D eigenvalue weighted by molar-refractivity contribution is 5.89. The number of pyridine rings is 1. The van der Waals surface area contributed by atoms with E-state index >= 15 is 0 Å². The third-order valence-electron chi connectivity index (χ3n) is 3.03. The molecule has 1 amide bonds. The van der Waals surface area contributed by atoms with E-state index < -0.39 is 0 Å². The smallest absolute Gasteiger partial charge is 0.225 e. The van der Waals surface area contributed by atoms with Crippen LogP contribution in [0.2, 0.25) is 0 Å². The molecule has 104 valence electrons. The topological polar surface area (TPSA) is 45.2 Å². The first-order valence-corrected chi connectivity index (χ1v) is 6.83. The van der Waals surface area contributed by atoms with Crippen LogP contribution in [0.25, 0.3) is 0 Å². The van der Waals surface area contributed by atoms with Crippen molar-refractivity contribution in [1.29, 1.82) is 0 Å². The van der Waals surface area contributed by atoms with E-state index in [1.807, 2.05) is 37.3 Å².